The zero-order valence-corrected chi connectivity index (χ0v) is 17.6. The molecule has 1 aliphatic rings. The van der Waals surface area contributed by atoms with Crippen LogP contribution in [0.15, 0.2) is 78.9 Å². The summed E-state index contributed by atoms with van der Waals surface area (Å²) in [5.41, 5.74) is 4.32. The number of nitrogens with one attached hydrogen (secondary N) is 2. The number of carbonyl (C=O) groups excluding carboxylic acids is 2. The number of hydrogen-bond acceptors (Lipinski definition) is 4. The summed E-state index contributed by atoms with van der Waals surface area (Å²) in [5, 5.41) is 11.8. The molecule has 160 valence electrons. The molecule has 0 unspecified atom stereocenters. The van der Waals surface area contributed by atoms with Gasteiger partial charge in [-0.1, -0.05) is 54.6 Å². The fourth-order valence-corrected chi connectivity index (χ4v) is 3.46. The highest BCUT2D eigenvalue weighted by atomic mass is 32.1. The second kappa shape index (κ2) is 10.0. The fraction of sp³-hybridized carbons (Fsp3) is 0.130. The van der Waals surface area contributed by atoms with Crippen molar-refractivity contribution in [3.63, 3.8) is 0 Å². The first-order valence-electron chi connectivity index (χ1n) is 9.53. The van der Waals surface area contributed by atoms with Gasteiger partial charge in [-0.25, -0.2) is 10.3 Å². The van der Waals surface area contributed by atoms with Gasteiger partial charge >= 0.3 is 6.03 Å². The van der Waals surface area contributed by atoms with Crippen LogP contribution >= 0.6 is 13.5 Å². The Bertz CT molecular complexity index is 1050. The molecule has 3 aromatic carbocycles. The lowest BCUT2D eigenvalue weighted by Crippen LogP contribution is -2.38. The van der Waals surface area contributed by atoms with Gasteiger partial charge in [-0.3, -0.25) is 10.0 Å². The Kier molecular flexibility index (Phi) is 7.17. The standard InChI is InChI=1S/C23H21N3O4.H2S/c27-22(25-29)17-11-12-18-14-26(23(28)24-19-9-5-2-6-10-19)20(15-30-21(18)13-17)16-7-3-1-4-8-16;/h1-13,20,29H,14-15H2,(H,24,28)(H,25,27);1H2/t20-;/m1./s1. The third-order valence-electron chi connectivity index (χ3n) is 5.01. The largest absolute Gasteiger partial charge is 0.491 e. The first-order valence-corrected chi connectivity index (χ1v) is 9.53. The lowest BCUT2D eigenvalue weighted by molar-refractivity contribution is 0.0706. The summed E-state index contributed by atoms with van der Waals surface area (Å²) in [4.78, 5) is 26.7. The van der Waals surface area contributed by atoms with Crippen LogP contribution in [-0.2, 0) is 6.54 Å². The summed E-state index contributed by atoms with van der Waals surface area (Å²) < 4.78 is 6.00. The SMILES string of the molecule is O=C(NO)c1ccc2c(c1)OC[C@H](c1ccccc1)N(C(=O)Nc1ccccc1)C2.S. The molecule has 7 nitrogen and oxygen atoms in total. The lowest BCUT2D eigenvalue weighted by Gasteiger charge is -2.29. The number of para-hydroxylation sites is 1. The second-order valence-electron chi connectivity index (χ2n) is 6.92. The van der Waals surface area contributed by atoms with Gasteiger partial charge in [-0.05, 0) is 29.8 Å². The van der Waals surface area contributed by atoms with Gasteiger partial charge in [0.05, 0.1) is 12.6 Å². The summed E-state index contributed by atoms with van der Waals surface area (Å²) >= 11 is 0. The number of urea groups is 1. The molecule has 0 fully saturated rings. The van der Waals surface area contributed by atoms with Crippen molar-refractivity contribution in [2.45, 2.75) is 12.6 Å². The molecule has 0 aliphatic carbocycles. The van der Waals surface area contributed by atoms with E-state index in [0.29, 0.717) is 18.0 Å². The van der Waals surface area contributed by atoms with E-state index < -0.39 is 5.91 Å². The summed E-state index contributed by atoms with van der Waals surface area (Å²) in [6.45, 7) is 0.526. The van der Waals surface area contributed by atoms with Gasteiger partial charge in [0, 0.05) is 16.8 Å². The smallest absolute Gasteiger partial charge is 0.322 e. The van der Waals surface area contributed by atoms with Crippen LogP contribution in [-0.4, -0.2) is 28.7 Å². The highest BCUT2D eigenvalue weighted by Gasteiger charge is 2.30. The highest BCUT2D eigenvalue weighted by molar-refractivity contribution is 7.59. The number of hydroxylamine groups is 1. The number of anilines is 1. The molecule has 3 N–H and O–H groups in total. The summed E-state index contributed by atoms with van der Waals surface area (Å²) in [6, 6.07) is 23.3. The average Bonchev–Trinajstić information content (AvgIpc) is 2.99. The van der Waals surface area contributed by atoms with E-state index in [1.54, 1.807) is 28.6 Å². The Hall–Kier alpha value is -3.49. The van der Waals surface area contributed by atoms with E-state index in [1.165, 1.54) is 0 Å². The second-order valence-corrected chi connectivity index (χ2v) is 6.92. The van der Waals surface area contributed by atoms with Crippen LogP contribution in [0.25, 0.3) is 0 Å². The molecular weight excluding hydrogens is 414 g/mol. The van der Waals surface area contributed by atoms with Crippen LogP contribution in [0.3, 0.4) is 0 Å². The van der Waals surface area contributed by atoms with Crippen molar-refractivity contribution in [1.82, 2.24) is 10.4 Å². The van der Waals surface area contributed by atoms with Crippen molar-refractivity contribution in [1.29, 1.82) is 0 Å². The van der Waals surface area contributed by atoms with E-state index in [4.69, 9.17) is 9.94 Å². The summed E-state index contributed by atoms with van der Waals surface area (Å²) in [6.07, 6.45) is 0. The van der Waals surface area contributed by atoms with Crippen molar-refractivity contribution in [3.05, 3.63) is 95.6 Å². The first kappa shape index (κ1) is 22.2. The number of hydrogen-bond donors (Lipinski definition) is 3. The Morgan fingerprint density at radius 3 is 2.32 bits per heavy atom. The number of benzene rings is 3. The Morgan fingerprint density at radius 2 is 1.65 bits per heavy atom. The topological polar surface area (TPSA) is 90.9 Å². The van der Waals surface area contributed by atoms with Crippen molar-refractivity contribution >= 4 is 31.1 Å². The normalized spacial score (nSPS) is 14.9. The van der Waals surface area contributed by atoms with E-state index in [1.807, 2.05) is 60.7 Å². The highest BCUT2D eigenvalue weighted by Crippen LogP contribution is 2.33. The zero-order valence-electron chi connectivity index (χ0n) is 16.6. The maximum absolute atomic E-state index is 13.2. The molecule has 0 aromatic heterocycles. The molecule has 8 heteroatoms. The molecule has 0 radical (unpaired) electrons. The summed E-state index contributed by atoms with van der Waals surface area (Å²) in [5.74, 6) is -0.115. The van der Waals surface area contributed by atoms with Gasteiger partial charge in [-0.2, -0.15) is 13.5 Å². The van der Waals surface area contributed by atoms with E-state index >= 15 is 0 Å². The molecule has 1 heterocycles. The van der Waals surface area contributed by atoms with Crippen LogP contribution in [0.5, 0.6) is 5.75 Å². The Labute approximate surface area is 187 Å². The number of ether oxygens (including phenoxy) is 1. The monoisotopic (exact) mass is 437 g/mol. The molecule has 1 aliphatic heterocycles. The molecule has 0 saturated carbocycles. The third kappa shape index (κ3) is 4.99. The van der Waals surface area contributed by atoms with Crippen LogP contribution in [0.1, 0.15) is 27.5 Å². The molecule has 3 amide bonds. The Balaban J connectivity index is 0.00000272. The van der Waals surface area contributed by atoms with Crippen molar-refractivity contribution in [2.24, 2.45) is 0 Å². The van der Waals surface area contributed by atoms with E-state index in [-0.39, 0.29) is 37.7 Å². The van der Waals surface area contributed by atoms with Crippen LogP contribution < -0.4 is 15.5 Å². The number of carbonyl (C=O) groups is 2. The van der Waals surface area contributed by atoms with Gasteiger partial charge in [-0.15, -0.1) is 0 Å². The Morgan fingerprint density at radius 1 is 0.968 bits per heavy atom. The molecule has 1 atom stereocenters. The maximum atomic E-state index is 13.2. The third-order valence-corrected chi connectivity index (χ3v) is 5.01. The summed E-state index contributed by atoms with van der Waals surface area (Å²) in [7, 11) is 0. The molecule has 3 aromatic rings. The minimum absolute atomic E-state index is 0. The van der Waals surface area contributed by atoms with Gasteiger partial charge < -0.3 is 15.0 Å². The van der Waals surface area contributed by atoms with Crippen molar-refractivity contribution in [2.75, 3.05) is 11.9 Å². The van der Waals surface area contributed by atoms with E-state index in [9.17, 15) is 9.59 Å². The molecule has 31 heavy (non-hydrogen) atoms. The maximum Gasteiger partial charge on any atom is 0.322 e. The molecule has 4 rings (SSSR count). The number of fused-ring (bicyclic) bond motifs is 1. The predicted molar refractivity (Wildman–Crippen MR) is 122 cm³/mol. The molecule has 0 saturated heterocycles. The van der Waals surface area contributed by atoms with E-state index in [0.717, 1.165) is 11.1 Å². The fourth-order valence-electron chi connectivity index (χ4n) is 3.46. The first-order chi connectivity index (χ1) is 14.7. The zero-order chi connectivity index (χ0) is 20.9. The van der Waals surface area contributed by atoms with Crippen molar-refractivity contribution in [3.8, 4) is 5.75 Å². The average molecular weight is 438 g/mol. The number of rotatable bonds is 3. The van der Waals surface area contributed by atoms with Gasteiger partial charge in [0.25, 0.3) is 5.91 Å². The van der Waals surface area contributed by atoms with Crippen LogP contribution in [0.4, 0.5) is 10.5 Å². The van der Waals surface area contributed by atoms with Gasteiger partial charge in [0.1, 0.15) is 12.4 Å². The van der Waals surface area contributed by atoms with E-state index in [2.05, 4.69) is 5.32 Å². The van der Waals surface area contributed by atoms with Gasteiger partial charge in [0.15, 0.2) is 0 Å². The van der Waals surface area contributed by atoms with Crippen molar-refractivity contribution < 1.29 is 19.5 Å². The number of amides is 3. The molecular formula is C23H23N3O4S. The van der Waals surface area contributed by atoms with Crippen LogP contribution in [0, 0.1) is 0 Å². The van der Waals surface area contributed by atoms with Gasteiger partial charge in [0.2, 0.25) is 0 Å². The minimum atomic E-state index is -0.621. The minimum Gasteiger partial charge on any atom is -0.491 e. The van der Waals surface area contributed by atoms with Crippen LogP contribution in [0.2, 0.25) is 0 Å². The lowest BCUT2D eigenvalue weighted by atomic mass is 10.1. The molecule has 0 bridgehead atoms. The quantitative estimate of drug-likeness (QED) is 0.425. The number of nitrogens with zero attached hydrogens (tertiary/aromatic N) is 1. The molecule has 0 spiro atoms. The predicted octanol–water partition coefficient (Wildman–Crippen LogP) is 4.09.